The van der Waals surface area contributed by atoms with Crippen LogP contribution < -0.4 is 0 Å². The number of rotatable bonds is 4. The van der Waals surface area contributed by atoms with Crippen LogP contribution in [-0.4, -0.2) is 47.2 Å². The molecule has 4 rings (SSSR count). The highest BCUT2D eigenvalue weighted by Gasteiger charge is 2.49. The maximum atomic E-state index is 12.9. The SMILES string of the molecule is O=C1CSC2(CCN(S(=O)(=O)c3ccc(Br)cc3)CC2)N1Cc1ccco1. The maximum Gasteiger partial charge on any atom is 0.243 e. The summed E-state index contributed by atoms with van der Waals surface area (Å²) in [6, 6.07) is 10.4. The Hall–Kier alpha value is -1.29. The number of piperidine rings is 1. The molecule has 2 aliphatic heterocycles. The zero-order chi connectivity index (χ0) is 19.1. The summed E-state index contributed by atoms with van der Waals surface area (Å²) in [6.45, 7) is 1.22. The first-order valence-corrected chi connectivity index (χ1v) is 11.9. The van der Waals surface area contributed by atoms with Gasteiger partial charge in [-0.1, -0.05) is 15.9 Å². The summed E-state index contributed by atoms with van der Waals surface area (Å²) < 4.78 is 33.6. The van der Waals surface area contributed by atoms with Crippen molar-refractivity contribution in [3.63, 3.8) is 0 Å². The van der Waals surface area contributed by atoms with Crippen LogP contribution >= 0.6 is 27.7 Å². The third-order valence-corrected chi connectivity index (χ3v) is 9.11. The Labute approximate surface area is 171 Å². The molecule has 1 spiro atoms. The van der Waals surface area contributed by atoms with Crippen molar-refractivity contribution in [2.75, 3.05) is 18.8 Å². The second kappa shape index (κ2) is 7.27. The summed E-state index contributed by atoms with van der Waals surface area (Å²) in [5, 5.41) is 0. The van der Waals surface area contributed by atoms with Crippen molar-refractivity contribution in [3.8, 4) is 0 Å². The van der Waals surface area contributed by atoms with E-state index >= 15 is 0 Å². The molecule has 0 radical (unpaired) electrons. The number of nitrogens with zero attached hydrogens (tertiary/aromatic N) is 2. The number of thioether (sulfide) groups is 1. The fourth-order valence-corrected chi connectivity index (χ4v) is 6.66. The van der Waals surface area contributed by atoms with Gasteiger partial charge in [-0.15, -0.1) is 11.8 Å². The summed E-state index contributed by atoms with van der Waals surface area (Å²) in [5.74, 6) is 1.26. The predicted octanol–water partition coefficient (Wildman–Crippen LogP) is 3.30. The minimum Gasteiger partial charge on any atom is -0.467 e. The fourth-order valence-electron chi connectivity index (χ4n) is 3.62. The second-order valence-electron chi connectivity index (χ2n) is 6.65. The summed E-state index contributed by atoms with van der Waals surface area (Å²) >= 11 is 4.95. The van der Waals surface area contributed by atoms with Crippen molar-refractivity contribution in [1.29, 1.82) is 0 Å². The third-order valence-electron chi connectivity index (χ3n) is 5.11. The highest BCUT2D eigenvalue weighted by atomic mass is 79.9. The fraction of sp³-hybridized carbons (Fsp3) is 0.389. The van der Waals surface area contributed by atoms with Gasteiger partial charge in [0.15, 0.2) is 0 Å². The van der Waals surface area contributed by atoms with Crippen LogP contribution in [0.1, 0.15) is 18.6 Å². The Morgan fingerprint density at radius 2 is 1.85 bits per heavy atom. The molecule has 1 aromatic heterocycles. The molecular formula is C18H19BrN2O4S2. The molecule has 2 aromatic rings. The van der Waals surface area contributed by atoms with E-state index < -0.39 is 10.0 Å². The largest absolute Gasteiger partial charge is 0.467 e. The molecule has 0 unspecified atom stereocenters. The topological polar surface area (TPSA) is 70.8 Å². The highest BCUT2D eigenvalue weighted by molar-refractivity contribution is 9.10. The molecule has 0 N–H and O–H groups in total. The lowest BCUT2D eigenvalue weighted by Crippen LogP contribution is -2.52. The van der Waals surface area contributed by atoms with E-state index in [-0.39, 0.29) is 10.8 Å². The van der Waals surface area contributed by atoms with Crippen LogP contribution in [0.15, 0.2) is 56.4 Å². The van der Waals surface area contributed by atoms with E-state index in [0.717, 1.165) is 10.2 Å². The minimum atomic E-state index is -3.52. The summed E-state index contributed by atoms with van der Waals surface area (Å²) in [4.78, 5) is 14.2. The molecule has 3 heterocycles. The number of halogens is 1. The molecule has 6 nitrogen and oxygen atoms in total. The monoisotopic (exact) mass is 470 g/mol. The molecule has 1 amide bonds. The molecule has 2 saturated heterocycles. The molecule has 2 fully saturated rings. The molecule has 0 saturated carbocycles. The number of benzene rings is 1. The minimum absolute atomic E-state index is 0.0839. The number of carbonyl (C=O) groups excluding carboxylic acids is 1. The second-order valence-corrected chi connectivity index (χ2v) is 10.8. The van der Waals surface area contributed by atoms with Gasteiger partial charge in [0.2, 0.25) is 15.9 Å². The molecule has 2 aliphatic rings. The van der Waals surface area contributed by atoms with Crippen LogP contribution in [0.25, 0.3) is 0 Å². The van der Waals surface area contributed by atoms with Gasteiger partial charge in [0, 0.05) is 17.6 Å². The highest BCUT2D eigenvalue weighted by Crippen LogP contribution is 2.45. The normalized spacial score (nSPS) is 20.5. The van der Waals surface area contributed by atoms with Crippen molar-refractivity contribution in [2.24, 2.45) is 0 Å². The summed E-state index contributed by atoms with van der Waals surface area (Å²) in [6.07, 6.45) is 2.82. The Bertz CT molecular complexity index is 921. The van der Waals surface area contributed by atoms with Crippen molar-refractivity contribution >= 4 is 43.6 Å². The number of furan rings is 1. The lowest BCUT2D eigenvalue weighted by atomic mass is 10.0. The van der Waals surface area contributed by atoms with Gasteiger partial charge in [-0.25, -0.2) is 8.42 Å². The van der Waals surface area contributed by atoms with Crippen molar-refractivity contribution in [3.05, 3.63) is 52.9 Å². The van der Waals surface area contributed by atoms with Gasteiger partial charge < -0.3 is 9.32 Å². The molecule has 144 valence electrons. The van der Waals surface area contributed by atoms with E-state index in [1.54, 1.807) is 42.3 Å². The van der Waals surface area contributed by atoms with Crippen LogP contribution in [0.2, 0.25) is 0 Å². The summed E-state index contributed by atoms with van der Waals surface area (Å²) in [7, 11) is -3.52. The number of sulfonamides is 1. The summed E-state index contributed by atoms with van der Waals surface area (Å²) in [5.41, 5.74) is 0. The number of hydrogen-bond donors (Lipinski definition) is 0. The van der Waals surface area contributed by atoms with Crippen molar-refractivity contribution in [1.82, 2.24) is 9.21 Å². The number of hydrogen-bond acceptors (Lipinski definition) is 5. The van der Waals surface area contributed by atoms with Crippen LogP contribution in [-0.2, 0) is 21.4 Å². The average molecular weight is 471 g/mol. The molecule has 27 heavy (non-hydrogen) atoms. The Morgan fingerprint density at radius 3 is 2.48 bits per heavy atom. The van der Waals surface area contributed by atoms with Gasteiger partial charge in [-0.3, -0.25) is 4.79 Å². The molecule has 9 heteroatoms. The predicted molar refractivity (Wildman–Crippen MR) is 107 cm³/mol. The number of carbonyl (C=O) groups is 1. The molecule has 0 bridgehead atoms. The molecule has 0 atom stereocenters. The smallest absolute Gasteiger partial charge is 0.243 e. The lowest BCUT2D eigenvalue weighted by molar-refractivity contribution is -0.132. The Morgan fingerprint density at radius 1 is 1.15 bits per heavy atom. The Kier molecular flexibility index (Phi) is 5.13. The first-order valence-electron chi connectivity index (χ1n) is 8.63. The van der Waals surface area contributed by atoms with E-state index in [1.807, 2.05) is 17.0 Å². The first-order chi connectivity index (χ1) is 12.9. The van der Waals surface area contributed by atoms with Crippen LogP contribution in [0.4, 0.5) is 0 Å². The molecular weight excluding hydrogens is 452 g/mol. The van der Waals surface area contributed by atoms with Gasteiger partial charge in [-0.05, 0) is 49.2 Å². The maximum absolute atomic E-state index is 12.9. The Balaban J connectivity index is 1.50. The standard InChI is InChI=1S/C18H19BrN2O4S2/c19-14-3-5-16(6-4-14)27(23,24)20-9-7-18(8-10-20)21(17(22)13-26-18)12-15-2-1-11-25-15/h1-6,11H,7-10,12-13H2. The molecule has 1 aromatic carbocycles. The van der Waals surface area contributed by atoms with E-state index in [2.05, 4.69) is 15.9 Å². The zero-order valence-corrected chi connectivity index (χ0v) is 17.7. The van der Waals surface area contributed by atoms with Gasteiger partial charge in [0.1, 0.15) is 5.76 Å². The average Bonchev–Trinajstić information content (AvgIpc) is 3.27. The van der Waals surface area contributed by atoms with E-state index in [9.17, 15) is 13.2 Å². The van der Waals surface area contributed by atoms with E-state index in [1.165, 1.54) is 4.31 Å². The van der Waals surface area contributed by atoms with Gasteiger partial charge in [0.05, 0.1) is 28.3 Å². The van der Waals surface area contributed by atoms with Crippen molar-refractivity contribution in [2.45, 2.75) is 29.2 Å². The lowest BCUT2D eigenvalue weighted by Gasteiger charge is -2.43. The first kappa shape index (κ1) is 19.0. The van der Waals surface area contributed by atoms with Gasteiger partial charge >= 0.3 is 0 Å². The third kappa shape index (κ3) is 3.57. The quantitative estimate of drug-likeness (QED) is 0.685. The van der Waals surface area contributed by atoms with Gasteiger partial charge in [-0.2, -0.15) is 4.31 Å². The van der Waals surface area contributed by atoms with E-state index in [4.69, 9.17) is 4.42 Å². The molecule has 0 aliphatic carbocycles. The number of amides is 1. The van der Waals surface area contributed by atoms with Crippen LogP contribution in [0.3, 0.4) is 0 Å². The van der Waals surface area contributed by atoms with Crippen LogP contribution in [0.5, 0.6) is 0 Å². The van der Waals surface area contributed by atoms with E-state index in [0.29, 0.717) is 43.1 Å². The van der Waals surface area contributed by atoms with Gasteiger partial charge in [0.25, 0.3) is 0 Å². The zero-order valence-electron chi connectivity index (χ0n) is 14.5. The van der Waals surface area contributed by atoms with Crippen molar-refractivity contribution < 1.29 is 17.6 Å². The van der Waals surface area contributed by atoms with Crippen LogP contribution in [0, 0.1) is 0 Å².